The van der Waals surface area contributed by atoms with E-state index in [9.17, 15) is 8.42 Å². The van der Waals surface area contributed by atoms with E-state index in [0.717, 1.165) is 30.8 Å². The summed E-state index contributed by atoms with van der Waals surface area (Å²) in [5.74, 6) is 1.14. The fourth-order valence-corrected chi connectivity index (χ4v) is 4.80. The Balaban J connectivity index is 1.54. The monoisotopic (exact) mass is 379 g/mol. The highest BCUT2D eigenvalue weighted by Gasteiger charge is 2.36. The molecule has 4 rings (SSSR count). The largest absolute Gasteiger partial charge is 0.488 e. The first-order valence-corrected chi connectivity index (χ1v) is 10.1. The van der Waals surface area contributed by atoms with Crippen molar-refractivity contribution in [2.45, 2.75) is 24.2 Å². The Kier molecular flexibility index (Phi) is 4.35. The van der Waals surface area contributed by atoms with Gasteiger partial charge in [0.05, 0.1) is 0 Å². The number of benzene rings is 2. The summed E-state index contributed by atoms with van der Waals surface area (Å²) >= 11 is 6.04. The molecule has 2 atom stereocenters. The molecular formula is C18H18ClNO4S. The fraction of sp³-hybridized carbons (Fsp3) is 0.333. The fourth-order valence-electron chi connectivity index (χ4n) is 3.43. The summed E-state index contributed by atoms with van der Waals surface area (Å²) in [5, 5.41) is 3.72. The molecule has 2 unspecified atom stereocenters. The Morgan fingerprint density at radius 1 is 1.24 bits per heavy atom. The molecule has 0 bridgehead atoms. The minimum absolute atomic E-state index is 0.110. The second-order valence-corrected chi connectivity index (χ2v) is 8.31. The Morgan fingerprint density at radius 2 is 2.08 bits per heavy atom. The molecule has 2 aliphatic rings. The third kappa shape index (κ3) is 3.47. The molecule has 1 saturated heterocycles. The van der Waals surface area contributed by atoms with Gasteiger partial charge in [-0.3, -0.25) is 0 Å². The maximum Gasteiger partial charge on any atom is 0.313 e. The van der Waals surface area contributed by atoms with Gasteiger partial charge in [0, 0.05) is 23.0 Å². The van der Waals surface area contributed by atoms with E-state index < -0.39 is 10.1 Å². The average molecular weight is 380 g/mol. The lowest BCUT2D eigenvalue weighted by atomic mass is 9.90. The normalized spacial score (nSPS) is 22.0. The molecule has 0 aliphatic carbocycles. The number of hydrogen-bond donors (Lipinski definition) is 1. The van der Waals surface area contributed by atoms with Gasteiger partial charge >= 0.3 is 10.1 Å². The number of hydrogen-bond acceptors (Lipinski definition) is 5. The molecule has 2 aliphatic heterocycles. The van der Waals surface area contributed by atoms with Crippen molar-refractivity contribution in [3.8, 4) is 11.5 Å². The standard InChI is InChI=1S/C18H18ClNO4S/c19-16-4-2-1-3-12(16)11-25(21,22)24-13-5-6-17-15(9-13)14-7-8-20-10-18(14)23-17/h1-6,9,14,18,20H,7-8,10-11H2. The Morgan fingerprint density at radius 3 is 2.92 bits per heavy atom. The van der Waals surface area contributed by atoms with Crippen LogP contribution in [0.3, 0.4) is 0 Å². The van der Waals surface area contributed by atoms with Crippen LogP contribution < -0.4 is 14.2 Å². The van der Waals surface area contributed by atoms with Gasteiger partial charge in [-0.1, -0.05) is 29.8 Å². The zero-order valence-corrected chi connectivity index (χ0v) is 15.0. The summed E-state index contributed by atoms with van der Waals surface area (Å²) in [5.41, 5.74) is 1.55. The second kappa shape index (κ2) is 6.52. The predicted molar refractivity (Wildman–Crippen MR) is 95.8 cm³/mol. The van der Waals surface area contributed by atoms with Crippen LogP contribution in [0.2, 0.25) is 5.02 Å². The van der Waals surface area contributed by atoms with Gasteiger partial charge in [0.25, 0.3) is 0 Å². The lowest BCUT2D eigenvalue weighted by Crippen LogP contribution is -2.39. The zero-order valence-electron chi connectivity index (χ0n) is 13.4. The topological polar surface area (TPSA) is 64.6 Å². The van der Waals surface area contributed by atoms with Gasteiger partial charge in [-0.05, 0) is 42.8 Å². The van der Waals surface area contributed by atoms with Gasteiger partial charge < -0.3 is 14.2 Å². The van der Waals surface area contributed by atoms with Crippen molar-refractivity contribution in [2.24, 2.45) is 0 Å². The average Bonchev–Trinajstić information content (AvgIpc) is 2.94. The number of ether oxygens (including phenoxy) is 1. The lowest BCUT2D eigenvalue weighted by Gasteiger charge is -2.24. The molecule has 0 aromatic heterocycles. The number of halogens is 1. The van der Waals surface area contributed by atoms with Crippen LogP contribution in [0.25, 0.3) is 0 Å². The van der Waals surface area contributed by atoms with Crippen molar-refractivity contribution < 1.29 is 17.3 Å². The van der Waals surface area contributed by atoms with Crippen molar-refractivity contribution in [3.63, 3.8) is 0 Å². The molecule has 1 N–H and O–H groups in total. The van der Waals surface area contributed by atoms with Crippen LogP contribution in [0.4, 0.5) is 0 Å². The molecule has 1 fully saturated rings. The van der Waals surface area contributed by atoms with E-state index in [1.165, 1.54) is 0 Å². The van der Waals surface area contributed by atoms with Gasteiger partial charge in [-0.15, -0.1) is 0 Å². The SMILES string of the molecule is O=S(=O)(Cc1ccccc1Cl)Oc1ccc2c(c1)C1CCNCC1O2. The summed E-state index contributed by atoms with van der Waals surface area (Å²) in [6.07, 6.45) is 1.08. The van der Waals surface area contributed by atoms with Gasteiger partial charge in [0.1, 0.15) is 23.4 Å². The lowest BCUT2D eigenvalue weighted by molar-refractivity contribution is 0.177. The van der Waals surface area contributed by atoms with E-state index in [-0.39, 0.29) is 17.8 Å². The van der Waals surface area contributed by atoms with Gasteiger partial charge in [0.2, 0.25) is 0 Å². The zero-order chi connectivity index (χ0) is 17.4. The highest BCUT2D eigenvalue weighted by Crippen LogP contribution is 2.43. The summed E-state index contributed by atoms with van der Waals surface area (Å²) in [7, 11) is -3.79. The highest BCUT2D eigenvalue weighted by molar-refractivity contribution is 7.86. The molecule has 0 saturated carbocycles. The van der Waals surface area contributed by atoms with Crippen molar-refractivity contribution >= 4 is 21.7 Å². The minimum atomic E-state index is -3.79. The van der Waals surface area contributed by atoms with E-state index in [4.69, 9.17) is 20.5 Å². The molecule has 0 amide bonds. The summed E-state index contributed by atoms with van der Waals surface area (Å²) in [6.45, 7) is 1.74. The third-order valence-electron chi connectivity index (χ3n) is 4.60. The van der Waals surface area contributed by atoms with Crippen LogP contribution in [0.15, 0.2) is 42.5 Å². The quantitative estimate of drug-likeness (QED) is 0.827. The molecule has 2 aromatic carbocycles. The maximum absolute atomic E-state index is 12.4. The molecule has 2 heterocycles. The van der Waals surface area contributed by atoms with Gasteiger partial charge in [0.15, 0.2) is 0 Å². The molecular weight excluding hydrogens is 362 g/mol. The van der Waals surface area contributed by atoms with Crippen molar-refractivity contribution in [1.29, 1.82) is 0 Å². The van der Waals surface area contributed by atoms with E-state index in [0.29, 0.717) is 16.3 Å². The maximum atomic E-state index is 12.4. The molecule has 0 spiro atoms. The van der Waals surface area contributed by atoms with E-state index in [1.807, 2.05) is 0 Å². The molecule has 132 valence electrons. The van der Waals surface area contributed by atoms with Crippen LogP contribution >= 0.6 is 11.6 Å². The number of fused-ring (bicyclic) bond motifs is 3. The molecule has 0 radical (unpaired) electrons. The predicted octanol–water partition coefficient (Wildman–Crippen LogP) is 3.09. The first kappa shape index (κ1) is 16.7. The molecule has 2 aromatic rings. The van der Waals surface area contributed by atoms with E-state index >= 15 is 0 Å². The van der Waals surface area contributed by atoms with Crippen molar-refractivity contribution in [1.82, 2.24) is 5.32 Å². The number of piperidine rings is 1. The first-order chi connectivity index (χ1) is 12.0. The van der Waals surface area contributed by atoms with Crippen LogP contribution in [-0.4, -0.2) is 27.6 Å². The third-order valence-corrected chi connectivity index (χ3v) is 6.08. The molecule has 7 heteroatoms. The first-order valence-electron chi connectivity index (χ1n) is 8.19. The Bertz CT molecular complexity index is 900. The van der Waals surface area contributed by atoms with Crippen LogP contribution in [0, 0.1) is 0 Å². The second-order valence-electron chi connectivity index (χ2n) is 6.33. The number of nitrogens with one attached hydrogen (secondary N) is 1. The van der Waals surface area contributed by atoms with Crippen LogP contribution in [0.1, 0.15) is 23.5 Å². The van der Waals surface area contributed by atoms with E-state index in [1.54, 1.807) is 42.5 Å². The summed E-state index contributed by atoms with van der Waals surface area (Å²) in [4.78, 5) is 0. The Hall–Kier alpha value is -1.76. The molecule has 25 heavy (non-hydrogen) atoms. The van der Waals surface area contributed by atoms with Crippen molar-refractivity contribution in [2.75, 3.05) is 13.1 Å². The minimum Gasteiger partial charge on any atom is -0.488 e. The Labute approximate surface area is 152 Å². The highest BCUT2D eigenvalue weighted by atomic mass is 35.5. The molecule has 5 nitrogen and oxygen atoms in total. The summed E-state index contributed by atoms with van der Waals surface area (Å²) < 4.78 is 36.0. The van der Waals surface area contributed by atoms with Crippen LogP contribution in [0.5, 0.6) is 11.5 Å². The number of rotatable bonds is 4. The smallest absolute Gasteiger partial charge is 0.313 e. The van der Waals surface area contributed by atoms with Gasteiger partial charge in [-0.2, -0.15) is 8.42 Å². The summed E-state index contributed by atoms with van der Waals surface area (Å²) in [6, 6.07) is 12.1. The van der Waals surface area contributed by atoms with E-state index in [2.05, 4.69) is 5.32 Å². The van der Waals surface area contributed by atoms with Gasteiger partial charge in [-0.25, -0.2) is 0 Å². The van der Waals surface area contributed by atoms with Crippen molar-refractivity contribution in [3.05, 3.63) is 58.6 Å². The van der Waals surface area contributed by atoms with Crippen LogP contribution in [-0.2, 0) is 15.9 Å².